The van der Waals surface area contributed by atoms with Crippen molar-refractivity contribution in [1.29, 1.82) is 0 Å². The van der Waals surface area contributed by atoms with E-state index in [9.17, 15) is 0 Å². The number of aromatic nitrogens is 1. The molecule has 4 heteroatoms. The van der Waals surface area contributed by atoms with E-state index in [-0.39, 0.29) is 17.5 Å². The summed E-state index contributed by atoms with van der Waals surface area (Å²) < 4.78 is 2.59. The summed E-state index contributed by atoms with van der Waals surface area (Å²) in [6.07, 6.45) is 0. The van der Waals surface area contributed by atoms with Gasteiger partial charge >= 0.3 is 0 Å². The van der Waals surface area contributed by atoms with Crippen molar-refractivity contribution in [3.8, 4) is 27.9 Å². The Balaban J connectivity index is 1.26. The molecule has 0 amide bonds. The van der Waals surface area contributed by atoms with Gasteiger partial charge in [0.05, 0.1) is 16.7 Å². The average Bonchev–Trinajstić information content (AvgIpc) is 3.69. The zero-order valence-corrected chi connectivity index (χ0v) is 38.5. The average molecular weight is 850 g/mol. The van der Waals surface area contributed by atoms with Crippen LogP contribution in [0.1, 0.15) is 52.7 Å². The SMILES string of the molecule is CC(C)(C)c1ccc(N2c3ccc(C(C)(C)C)cc3B3c4ccccc4N(c4ccccc4)c4cc(-n5c6c(-c7ccccc7)cccc6c6cccc(-c7ccccc7)c65)cc2c43)cc1. The second kappa shape index (κ2) is 15.0. The van der Waals surface area contributed by atoms with Gasteiger partial charge in [-0.2, -0.15) is 0 Å². The number of hydrogen-bond donors (Lipinski definition) is 0. The molecular formula is C62H52BN3. The summed E-state index contributed by atoms with van der Waals surface area (Å²) in [7, 11) is 0. The molecule has 0 bridgehead atoms. The molecule has 2 aliphatic heterocycles. The summed E-state index contributed by atoms with van der Waals surface area (Å²) in [6, 6.07) is 77.2. The lowest BCUT2D eigenvalue weighted by molar-refractivity contribution is 0.590. The number of rotatable bonds is 5. The number of benzene rings is 9. The Bertz CT molecular complexity index is 3390. The van der Waals surface area contributed by atoms with Crippen LogP contribution in [0.25, 0.3) is 49.7 Å². The summed E-state index contributed by atoms with van der Waals surface area (Å²) >= 11 is 0. The third-order valence-electron chi connectivity index (χ3n) is 14.1. The lowest BCUT2D eigenvalue weighted by atomic mass is 9.33. The Morgan fingerprint density at radius 2 is 0.818 bits per heavy atom. The molecule has 0 unspecified atom stereocenters. The maximum absolute atomic E-state index is 2.59. The number of fused-ring (bicyclic) bond motifs is 7. The van der Waals surface area contributed by atoms with Crippen LogP contribution in [0.5, 0.6) is 0 Å². The fourth-order valence-electron chi connectivity index (χ4n) is 10.9. The first-order chi connectivity index (χ1) is 32.0. The summed E-state index contributed by atoms with van der Waals surface area (Å²) in [5.74, 6) is 0. The van der Waals surface area contributed by atoms with Crippen molar-refractivity contribution in [2.45, 2.75) is 52.4 Å². The van der Waals surface area contributed by atoms with E-state index in [0.717, 1.165) is 17.1 Å². The van der Waals surface area contributed by atoms with Crippen molar-refractivity contribution < 1.29 is 0 Å². The van der Waals surface area contributed by atoms with Crippen molar-refractivity contribution in [2.24, 2.45) is 0 Å². The van der Waals surface area contributed by atoms with Crippen LogP contribution in [0.2, 0.25) is 0 Å². The van der Waals surface area contributed by atoms with Crippen LogP contribution in [-0.2, 0) is 10.8 Å². The fourth-order valence-corrected chi connectivity index (χ4v) is 10.9. The molecule has 0 aliphatic carbocycles. The quantitative estimate of drug-likeness (QED) is 0.160. The smallest absolute Gasteiger partial charge is 0.252 e. The van der Waals surface area contributed by atoms with Gasteiger partial charge in [-0.15, -0.1) is 0 Å². The molecule has 0 saturated carbocycles. The molecule has 0 saturated heterocycles. The molecule has 3 heterocycles. The van der Waals surface area contributed by atoms with Crippen molar-refractivity contribution in [3.05, 3.63) is 217 Å². The van der Waals surface area contributed by atoms with Crippen LogP contribution >= 0.6 is 0 Å². The second-order valence-electron chi connectivity index (χ2n) is 20.2. The van der Waals surface area contributed by atoms with Gasteiger partial charge in [-0.05, 0) is 98.0 Å². The highest BCUT2D eigenvalue weighted by Crippen LogP contribution is 2.48. The summed E-state index contributed by atoms with van der Waals surface area (Å²) in [5.41, 5.74) is 22.0. The number of anilines is 6. The minimum atomic E-state index is -0.0328. The Morgan fingerprint density at radius 1 is 0.348 bits per heavy atom. The maximum atomic E-state index is 2.59. The van der Waals surface area contributed by atoms with Crippen molar-refractivity contribution in [3.63, 3.8) is 0 Å². The molecular weight excluding hydrogens is 798 g/mol. The molecule has 66 heavy (non-hydrogen) atoms. The Morgan fingerprint density at radius 3 is 1.36 bits per heavy atom. The van der Waals surface area contributed by atoms with Crippen LogP contribution in [0.3, 0.4) is 0 Å². The molecule has 0 fully saturated rings. The second-order valence-corrected chi connectivity index (χ2v) is 20.2. The highest BCUT2D eigenvalue weighted by Gasteiger charge is 2.44. The standard InChI is InChI=1S/C62H52BN3/c1-61(2,3)43-32-35-46(36-33-43)65-55-37-34-44(62(4,5)6)38-53(55)63-52-30-16-17-31-54(52)64(45-24-14-9-15-25-45)56-39-47(40-57(65)58(56)63)66-59-48(41-20-10-7-11-21-41)26-18-28-50(59)51-29-19-27-49(60(51)66)42-22-12-8-13-23-42/h7-40H,1-6H3. The molecule has 318 valence electrons. The molecule has 2 aliphatic rings. The first-order valence-electron chi connectivity index (χ1n) is 23.4. The lowest BCUT2D eigenvalue weighted by Crippen LogP contribution is -2.61. The van der Waals surface area contributed by atoms with E-state index in [1.165, 1.54) is 94.3 Å². The maximum Gasteiger partial charge on any atom is 0.252 e. The number of para-hydroxylation sites is 4. The third kappa shape index (κ3) is 6.26. The van der Waals surface area contributed by atoms with Crippen molar-refractivity contribution in [2.75, 3.05) is 9.80 Å². The van der Waals surface area contributed by atoms with E-state index in [4.69, 9.17) is 0 Å². The number of nitrogens with zero attached hydrogens (tertiary/aromatic N) is 3. The van der Waals surface area contributed by atoms with Crippen molar-refractivity contribution >= 4 is 79.0 Å². The lowest BCUT2D eigenvalue weighted by Gasteiger charge is -2.45. The molecule has 0 atom stereocenters. The molecule has 1 aromatic heterocycles. The zero-order chi connectivity index (χ0) is 44.9. The molecule has 3 nitrogen and oxygen atoms in total. The normalized spacial score (nSPS) is 13.2. The van der Waals surface area contributed by atoms with E-state index >= 15 is 0 Å². The van der Waals surface area contributed by atoms with E-state index in [0.29, 0.717) is 0 Å². The summed E-state index contributed by atoms with van der Waals surface area (Å²) in [5, 5.41) is 2.46. The molecule has 10 aromatic rings. The molecule has 0 radical (unpaired) electrons. The predicted octanol–water partition coefficient (Wildman–Crippen LogP) is 14.8. The fraction of sp³-hybridized carbons (Fsp3) is 0.129. The molecule has 12 rings (SSSR count). The highest BCUT2D eigenvalue weighted by molar-refractivity contribution is 7.00. The van der Waals surface area contributed by atoms with E-state index < -0.39 is 0 Å². The Hall–Kier alpha value is -7.56. The Labute approximate surface area is 389 Å². The van der Waals surface area contributed by atoms with Gasteiger partial charge in [-0.25, -0.2) is 0 Å². The van der Waals surface area contributed by atoms with Gasteiger partial charge in [0.2, 0.25) is 0 Å². The summed E-state index contributed by atoms with van der Waals surface area (Å²) in [6.45, 7) is 13.9. The van der Waals surface area contributed by atoms with Gasteiger partial charge in [0.25, 0.3) is 6.71 Å². The monoisotopic (exact) mass is 849 g/mol. The molecule has 9 aromatic carbocycles. The van der Waals surface area contributed by atoms with Gasteiger partial charge in [-0.3, -0.25) is 0 Å². The van der Waals surface area contributed by atoms with E-state index in [1.54, 1.807) is 0 Å². The van der Waals surface area contributed by atoms with Crippen LogP contribution in [-0.4, -0.2) is 11.3 Å². The first kappa shape index (κ1) is 40.0. The summed E-state index contributed by atoms with van der Waals surface area (Å²) in [4.78, 5) is 5.09. The van der Waals surface area contributed by atoms with Crippen LogP contribution in [0.4, 0.5) is 34.1 Å². The molecule has 0 N–H and O–H groups in total. The highest BCUT2D eigenvalue weighted by atomic mass is 15.2. The molecule has 0 spiro atoms. The largest absolute Gasteiger partial charge is 0.311 e. The number of hydrogen-bond acceptors (Lipinski definition) is 2. The van der Waals surface area contributed by atoms with Gasteiger partial charge in [0.1, 0.15) is 0 Å². The van der Waals surface area contributed by atoms with E-state index in [1.807, 2.05) is 0 Å². The van der Waals surface area contributed by atoms with Gasteiger partial charge in [0, 0.05) is 56.0 Å². The van der Waals surface area contributed by atoms with Gasteiger partial charge in [-0.1, -0.05) is 199 Å². The van der Waals surface area contributed by atoms with Gasteiger partial charge < -0.3 is 14.4 Å². The minimum Gasteiger partial charge on any atom is -0.311 e. The zero-order valence-electron chi connectivity index (χ0n) is 38.5. The van der Waals surface area contributed by atoms with E-state index in [2.05, 4.69) is 262 Å². The third-order valence-corrected chi connectivity index (χ3v) is 14.1. The van der Waals surface area contributed by atoms with Crippen molar-refractivity contribution in [1.82, 2.24) is 4.57 Å². The topological polar surface area (TPSA) is 11.4 Å². The minimum absolute atomic E-state index is 0.000482. The van der Waals surface area contributed by atoms with Crippen LogP contribution < -0.4 is 26.2 Å². The van der Waals surface area contributed by atoms with Crippen LogP contribution in [0.15, 0.2) is 206 Å². The first-order valence-corrected chi connectivity index (χ1v) is 23.4. The predicted molar refractivity (Wildman–Crippen MR) is 283 cm³/mol. The van der Waals surface area contributed by atoms with Crippen LogP contribution in [0, 0.1) is 0 Å². The Kier molecular flexibility index (Phi) is 9.09. The van der Waals surface area contributed by atoms with Gasteiger partial charge in [0.15, 0.2) is 0 Å².